The molecule has 0 bridgehead atoms. The number of hydrogen-bond acceptors (Lipinski definition) is 4. The van der Waals surface area contributed by atoms with E-state index in [1.807, 2.05) is 23.4 Å². The van der Waals surface area contributed by atoms with Crippen molar-refractivity contribution in [1.82, 2.24) is 20.1 Å². The van der Waals surface area contributed by atoms with Gasteiger partial charge in [0.2, 0.25) is 0 Å². The maximum Gasteiger partial charge on any atom is 0.0797 e. The molecule has 0 radical (unpaired) electrons. The molecular weight excluding hydrogens is 232 g/mol. The predicted octanol–water partition coefficient (Wildman–Crippen LogP) is 1.56. The first-order chi connectivity index (χ1) is 8.25. The minimum absolute atomic E-state index is 1.00. The van der Waals surface area contributed by atoms with Crippen LogP contribution in [0.5, 0.6) is 0 Å². The number of aromatic nitrogens is 3. The summed E-state index contributed by atoms with van der Waals surface area (Å²) in [6.45, 7) is 4.09. The molecule has 0 saturated carbocycles. The van der Waals surface area contributed by atoms with Gasteiger partial charge in [0, 0.05) is 24.7 Å². The van der Waals surface area contributed by atoms with Gasteiger partial charge in [-0.1, -0.05) is 0 Å². The van der Waals surface area contributed by atoms with Crippen molar-refractivity contribution in [3.8, 4) is 0 Å². The van der Waals surface area contributed by atoms with Gasteiger partial charge >= 0.3 is 0 Å². The van der Waals surface area contributed by atoms with Crippen LogP contribution in [-0.4, -0.2) is 27.9 Å². The van der Waals surface area contributed by atoms with Crippen molar-refractivity contribution in [1.29, 1.82) is 0 Å². The number of rotatable bonds is 6. The summed E-state index contributed by atoms with van der Waals surface area (Å²) in [6, 6.07) is 0. The Bertz CT molecular complexity index is 461. The highest BCUT2D eigenvalue weighted by Crippen LogP contribution is 2.11. The van der Waals surface area contributed by atoms with E-state index in [-0.39, 0.29) is 0 Å². The van der Waals surface area contributed by atoms with Gasteiger partial charge in [-0.05, 0) is 31.9 Å². The maximum atomic E-state index is 4.25. The Morgan fingerprint density at radius 1 is 1.35 bits per heavy atom. The molecule has 17 heavy (non-hydrogen) atoms. The number of nitrogens with zero attached hydrogens (tertiary/aromatic N) is 3. The lowest BCUT2D eigenvalue weighted by Gasteiger charge is -2.02. The smallest absolute Gasteiger partial charge is 0.0797 e. The Labute approximate surface area is 106 Å². The zero-order valence-electron chi connectivity index (χ0n) is 10.3. The molecular formula is C12H18N4S. The predicted molar refractivity (Wildman–Crippen MR) is 70.3 cm³/mol. The summed E-state index contributed by atoms with van der Waals surface area (Å²) in [7, 11) is 1.95. The lowest BCUT2D eigenvalue weighted by atomic mass is 10.2. The van der Waals surface area contributed by atoms with E-state index >= 15 is 0 Å². The first-order valence-corrected chi connectivity index (χ1v) is 6.71. The molecule has 0 amide bonds. The van der Waals surface area contributed by atoms with Gasteiger partial charge in [0.1, 0.15) is 0 Å². The quantitative estimate of drug-likeness (QED) is 0.791. The van der Waals surface area contributed by atoms with Crippen LogP contribution in [-0.2, 0) is 19.9 Å². The molecule has 0 unspecified atom stereocenters. The molecule has 0 fully saturated rings. The fourth-order valence-corrected chi connectivity index (χ4v) is 2.51. The second kappa shape index (κ2) is 5.93. The fraction of sp³-hybridized carbons (Fsp3) is 0.500. The van der Waals surface area contributed by atoms with Crippen LogP contribution >= 0.6 is 11.3 Å². The molecule has 92 valence electrons. The molecule has 0 aliphatic carbocycles. The monoisotopic (exact) mass is 250 g/mol. The molecule has 2 heterocycles. The lowest BCUT2D eigenvalue weighted by molar-refractivity contribution is 0.683. The SMILES string of the molecule is Cc1ncsc1CCNCCc1cnn(C)c1. The average Bonchev–Trinajstić information content (AvgIpc) is 2.88. The summed E-state index contributed by atoms with van der Waals surface area (Å²) in [4.78, 5) is 5.63. The minimum atomic E-state index is 1.00. The van der Waals surface area contributed by atoms with E-state index in [1.54, 1.807) is 11.3 Å². The molecule has 0 aliphatic rings. The van der Waals surface area contributed by atoms with Crippen LogP contribution in [0, 0.1) is 6.92 Å². The second-order valence-electron chi connectivity index (χ2n) is 4.13. The number of aryl methyl sites for hydroxylation is 2. The van der Waals surface area contributed by atoms with Gasteiger partial charge in [-0.15, -0.1) is 11.3 Å². The first-order valence-electron chi connectivity index (χ1n) is 5.83. The van der Waals surface area contributed by atoms with E-state index in [9.17, 15) is 0 Å². The second-order valence-corrected chi connectivity index (χ2v) is 5.07. The molecule has 0 aliphatic heterocycles. The molecule has 1 N–H and O–H groups in total. The van der Waals surface area contributed by atoms with Crippen LogP contribution in [0.1, 0.15) is 16.1 Å². The van der Waals surface area contributed by atoms with E-state index in [0.29, 0.717) is 0 Å². The van der Waals surface area contributed by atoms with Crippen molar-refractivity contribution in [2.45, 2.75) is 19.8 Å². The Morgan fingerprint density at radius 2 is 2.18 bits per heavy atom. The first kappa shape index (κ1) is 12.3. The molecule has 4 nitrogen and oxygen atoms in total. The highest BCUT2D eigenvalue weighted by Gasteiger charge is 2.00. The summed E-state index contributed by atoms with van der Waals surface area (Å²) in [5.41, 5.74) is 4.37. The van der Waals surface area contributed by atoms with Crippen LogP contribution in [0.25, 0.3) is 0 Å². The number of hydrogen-bond donors (Lipinski definition) is 1. The normalized spacial score (nSPS) is 10.9. The van der Waals surface area contributed by atoms with Gasteiger partial charge < -0.3 is 5.32 Å². The molecule has 2 aromatic rings. The highest BCUT2D eigenvalue weighted by atomic mass is 32.1. The van der Waals surface area contributed by atoms with Gasteiger partial charge in [-0.2, -0.15) is 5.10 Å². The Balaban J connectivity index is 1.62. The molecule has 2 rings (SSSR count). The number of nitrogens with one attached hydrogen (secondary N) is 1. The molecule has 0 spiro atoms. The highest BCUT2D eigenvalue weighted by molar-refractivity contribution is 7.09. The number of thiazole rings is 1. The fourth-order valence-electron chi connectivity index (χ4n) is 1.73. The van der Waals surface area contributed by atoms with Gasteiger partial charge in [-0.3, -0.25) is 4.68 Å². The van der Waals surface area contributed by atoms with Gasteiger partial charge in [0.25, 0.3) is 0 Å². The lowest BCUT2D eigenvalue weighted by Crippen LogP contribution is -2.19. The summed E-state index contributed by atoms with van der Waals surface area (Å²) >= 11 is 1.74. The molecule has 0 atom stereocenters. The summed E-state index contributed by atoms with van der Waals surface area (Å²) in [6.07, 6.45) is 6.10. The van der Waals surface area contributed by atoms with Crippen LogP contribution in [0.2, 0.25) is 0 Å². The van der Waals surface area contributed by atoms with Crippen molar-refractivity contribution in [3.63, 3.8) is 0 Å². The third kappa shape index (κ3) is 3.64. The average molecular weight is 250 g/mol. The topological polar surface area (TPSA) is 42.7 Å². The minimum Gasteiger partial charge on any atom is -0.316 e. The Kier molecular flexibility index (Phi) is 4.28. The van der Waals surface area contributed by atoms with E-state index in [2.05, 4.69) is 28.5 Å². The maximum absolute atomic E-state index is 4.25. The van der Waals surface area contributed by atoms with Crippen LogP contribution in [0.3, 0.4) is 0 Å². The zero-order chi connectivity index (χ0) is 12.1. The molecule has 5 heteroatoms. The molecule has 0 aromatic carbocycles. The summed E-state index contributed by atoms with van der Waals surface area (Å²) in [5, 5.41) is 7.60. The van der Waals surface area contributed by atoms with E-state index in [1.165, 1.54) is 16.1 Å². The van der Waals surface area contributed by atoms with Gasteiger partial charge in [-0.25, -0.2) is 4.98 Å². The standard InChI is InChI=1S/C12H18N4S/c1-10-12(17-9-14-10)4-6-13-5-3-11-7-15-16(2)8-11/h7-9,13H,3-6H2,1-2H3. The van der Waals surface area contributed by atoms with Crippen molar-refractivity contribution in [2.75, 3.05) is 13.1 Å². The van der Waals surface area contributed by atoms with Crippen LogP contribution in [0.15, 0.2) is 17.9 Å². The Hall–Kier alpha value is -1.20. The van der Waals surface area contributed by atoms with Crippen molar-refractivity contribution >= 4 is 11.3 Å². The summed E-state index contributed by atoms with van der Waals surface area (Å²) in [5.74, 6) is 0. The van der Waals surface area contributed by atoms with Crippen molar-refractivity contribution in [3.05, 3.63) is 34.0 Å². The molecule has 0 saturated heterocycles. The zero-order valence-corrected chi connectivity index (χ0v) is 11.1. The van der Waals surface area contributed by atoms with Gasteiger partial charge in [0.05, 0.1) is 17.4 Å². The third-order valence-corrected chi connectivity index (χ3v) is 3.72. The van der Waals surface area contributed by atoms with E-state index < -0.39 is 0 Å². The van der Waals surface area contributed by atoms with E-state index in [4.69, 9.17) is 0 Å². The molecule has 2 aromatic heterocycles. The largest absolute Gasteiger partial charge is 0.316 e. The van der Waals surface area contributed by atoms with Crippen LogP contribution < -0.4 is 5.32 Å². The Morgan fingerprint density at radius 3 is 2.82 bits per heavy atom. The van der Waals surface area contributed by atoms with Crippen LogP contribution in [0.4, 0.5) is 0 Å². The van der Waals surface area contributed by atoms with Gasteiger partial charge in [0.15, 0.2) is 0 Å². The van der Waals surface area contributed by atoms with Crippen molar-refractivity contribution < 1.29 is 0 Å². The van der Waals surface area contributed by atoms with Crippen molar-refractivity contribution in [2.24, 2.45) is 7.05 Å². The third-order valence-electron chi connectivity index (χ3n) is 2.72. The summed E-state index contributed by atoms with van der Waals surface area (Å²) < 4.78 is 1.84. The van der Waals surface area contributed by atoms with E-state index in [0.717, 1.165) is 25.9 Å².